The minimum absolute atomic E-state index is 0.389. The van der Waals surface area contributed by atoms with E-state index < -0.39 is 29.7 Å². The van der Waals surface area contributed by atoms with Crippen LogP contribution >= 0.6 is 0 Å². The lowest BCUT2D eigenvalue weighted by molar-refractivity contribution is -0.121. The summed E-state index contributed by atoms with van der Waals surface area (Å²) in [7, 11) is 0. The fraction of sp³-hybridized carbons (Fsp3) is 0.222. The van der Waals surface area contributed by atoms with Gasteiger partial charge in [0.05, 0.1) is 11.4 Å². The van der Waals surface area contributed by atoms with Gasteiger partial charge in [-0.1, -0.05) is 17.4 Å². The predicted molar refractivity (Wildman–Crippen MR) is 89.7 cm³/mol. The monoisotopic (exact) mass is 338 g/mol. The van der Waals surface area contributed by atoms with E-state index in [2.05, 4.69) is 10.3 Å². The molecule has 1 saturated heterocycles. The Morgan fingerprint density at radius 2 is 1.68 bits per heavy atom. The molecule has 2 amide bonds. The number of anilines is 2. The Balaban J connectivity index is 1.73. The van der Waals surface area contributed by atoms with Gasteiger partial charge in [-0.2, -0.15) is 5.11 Å². The highest BCUT2D eigenvalue weighted by Crippen LogP contribution is 2.35. The van der Waals surface area contributed by atoms with Gasteiger partial charge < -0.3 is 0 Å². The zero-order valence-electron chi connectivity index (χ0n) is 13.7. The van der Waals surface area contributed by atoms with E-state index in [9.17, 15) is 14.0 Å². The van der Waals surface area contributed by atoms with Crippen molar-refractivity contribution in [2.45, 2.75) is 25.9 Å². The van der Waals surface area contributed by atoms with E-state index in [0.717, 1.165) is 16.0 Å². The molecule has 1 fully saturated rings. The second kappa shape index (κ2) is 5.47. The van der Waals surface area contributed by atoms with Crippen molar-refractivity contribution in [3.05, 3.63) is 59.4 Å². The van der Waals surface area contributed by atoms with E-state index in [1.54, 1.807) is 18.2 Å². The van der Waals surface area contributed by atoms with Crippen LogP contribution in [0, 0.1) is 19.7 Å². The molecular weight excluding hydrogens is 323 g/mol. The molecule has 0 saturated carbocycles. The van der Waals surface area contributed by atoms with E-state index in [0.29, 0.717) is 11.4 Å². The van der Waals surface area contributed by atoms with E-state index in [4.69, 9.17) is 0 Å². The Morgan fingerprint density at radius 1 is 0.960 bits per heavy atom. The van der Waals surface area contributed by atoms with Crippen LogP contribution in [-0.4, -0.2) is 23.9 Å². The first-order chi connectivity index (χ1) is 12.0. The van der Waals surface area contributed by atoms with Crippen molar-refractivity contribution in [3.8, 4) is 0 Å². The van der Waals surface area contributed by atoms with Crippen LogP contribution in [0.15, 0.2) is 52.8 Å². The summed E-state index contributed by atoms with van der Waals surface area (Å²) in [6.07, 6.45) is 0. The summed E-state index contributed by atoms with van der Waals surface area (Å²) in [5.74, 6) is -1.27. The third-order valence-corrected chi connectivity index (χ3v) is 4.32. The summed E-state index contributed by atoms with van der Waals surface area (Å²) in [6.45, 7) is 3.81. The summed E-state index contributed by atoms with van der Waals surface area (Å²) < 4.78 is 13.5. The third kappa shape index (κ3) is 2.39. The third-order valence-electron chi connectivity index (χ3n) is 4.32. The number of amides is 2. The second-order valence-electron chi connectivity index (χ2n) is 6.28. The molecule has 2 aliphatic heterocycles. The van der Waals surface area contributed by atoms with Gasteiger partial charge >= 0.3 is 0 Å². The fourth-order valence-corrected chi connectivity index (χ4v) is 3.33. The number of aryl methyl sites for hydroxylation is 2. The molecule has 0 N–H and O–H groups in total. The summed E-state index contributed by atoms with van der Waals surface area (Å²) in [6, 6.07) is 9.47. The minimum atomic E-state index is -0.906. The first-order valence-electron chi connectivity index (χ1n) is 7.87. The van der Waals surface area contributed by atoms with E-state index in [1.807, 2.05) is 19.9 Å². The summed E-state index contributed by atoms with van der Waals surface area (Å²) in [5.41, 5.74) is 2.82. The molecule has 0 bridgehead atoms. The van der Waals surface area contributed by atoms with Gasteiger partial charge in [-0.15, -0.1) is 0 Å². The number of carbonyl (C=O) groups excluding carboxylic acids is 2. The SMILES string of the molecule is Cc1cc(C)cc(N2C(=O)[C@@H]3N=NN(c4cccc(F)c4)[C@H]3C2=O)c1. The van der Waals surface area contributed by atoms with E-state index in [-0.39, 0.29) is 0 Å². The van der Waals surface area contributed by atoms with Gasteiger partial charge in [0, 0.05) is 0 Å². The van der Waals surface area contributed by atoms with Crippen LogP contribution in [0.1, 0.15) is 11.1 Å². The lowest BCUT2D eigenvalue weighted by atomic mass is 10.1. The topological polar surface area (TPSA) is 65.3 Å². The van der Waals surface area contributed by atoms with Gasteiger partial charge in [-0.05, 0) is 55.3 Å². The molecule has 0 aliphatic carbocycles. The highest BCUT2D eigenvalue weighted by Gasteiger charge is 2.55. The van der Waals surface area contributed by atoms with Crippen LogP contribution in [-0.2, 0) is 9.59 Å². The van der Waals surface area contributed by atoms with Gasteiger partial charge in [0.15, 0.2) is 12.1 Å². The van der Waals surface area contributed by atoms with Crippen molar-refractivity contribution in [1.29, 1.82) is 0 Å². The molecule has 2 aromatic carbocycles. The van der Waals surface area contributed by atoms with E-state index in [1.165, 1.54) is 23.2 Å². The number of rotatable bonds is 2. The molecule has 126 valence electrons. The Hall–Kier alpha value is -3.09. The summed E-state index contributed by atoms with van der Waals surface area (Å²) in [4.78, 5) is 26.8. The number of fused-ring (bicyclic) bond motifs is 1. The number of halogens is 1. The normalized spacial score (nSPS) is 22.0. The first-order valence-corrected chi connectivity index (χ1v) is 7.87. The number of imide groups is 1. The summed E-state index contributed by atoms with van der Waals surface area (Å²) in [5, 5.41) is 9.19. The van der Waals surface area contributed by atoms with Crippen LogP contribution in [0.3, 0.4) is 0 Å². The molecule has 2 aromatic rings. The van der Waals surface area contributed by atoms with Crippen LogP contribution in [0.4, 0.5) is 15.8 Å². The number of carbonyl (C=O) groups is 2. The molecule has 0 aromatic heterocycles. The number of hydrogen-bond donors (Lipinski definition) is 0. The average Bonchev–Trinajstić information content (AvgIpc) is 3.07. The molecule has 2 atom stereocenters. The Labute approximate surface area is 143 Å². The predicted octanol–water partition coefficient (Wildman–Crippen LogP) is 2.94. The average molecular weight is 338 g/mol. The highest BCUT2D eigenvalue weighted by molar-refractivity contribution is 6.26. The molecule has 25 heavy (non-hydrogen) atoms. The van der Waals surface area contributed by atoms with Gasteiger partial charge in [0.2, 0.25) is 0 Å². The molecule has 0 radical (unpaired) electrons. The molecule has 4 rings (SSSR count). The van der Waals surface area contributed by atoms with Crippen molar-refractivity contribution >= 4 is 23.2 Å². The molecule has 7 heteroatoms. The molecular formula is C18H15FN4O2. The molecule has 2 aliphatic rings. The smallest absolute Gasteiger partial charge is 0.263 e. The van der Waals surface area contributed by atoms with Crippen LogP contribution in [0.25, 0.3) is 0 Å². The number of benzene rings is 2. The van der Waals surface area contributed by atoms with Crippen LogP contribution in [0.2, 0.25) is 0 Å². The highest BCUT2D eigenvalue weighted by atomic mass is 19.1. The minimum Gasteiger partial charge on any atom is -0.271 e. The maximum atomic E-state index is 13.5. The second-order valence-corrected chi connectivity index (χ2v) is 6.28. The Bertz CT molecular complexity index is 907. The maximum Gasteiger partial charge on any atom is 0.263 e. The van der Waals surface area contributed by atoms with Crippen molar-refractivity contribution < 1.29 is 14.0 Å². The van der Waals surface area contributed by atoms with Crippen LogP contribution < -0.4 is 9.91 Å². The summed E-state index contributed by atoms with van der Waals surface area (Å²) >= 11 is 0. The lowest BCUT2D eigenvalue weighted by Crippen LogP contribution is -2.40. The van der Waals surface area contributed by atoms with Gasteiger partial charge in [-0.3, -0.25) is 9.59 Å². The zero-order valence-corrected chi connectivity index (χ0v) is 13.7. The largest absolute Gasteiger partial charge is 0.271 e. The Morgan fingerprint density at radius 3 is 2.36 bits per heavy atom. The molecule has 0 spiro atoms. The number of nitrogens with zero attached hydrogens (tertiary/aromatic N) is 4. The van der Waals surface area contributed by atoms with Crippen molar-refractivity contribution in [3.63, 3.8) is 0 Å². The zero-order chi connectivity index (χ0) is 17.7. The van der Waals surface area contributed by atoms with Gasteiger partial charge in [-0.25, -0.2) is 14.3 Å². The van der Waals surface area contributed by atoms with Gasteiger partial charge in [0.25, 0.3) is 11.8 Å². The molecule has 6 nitrogen and oxygen atoms in total. The first kappa shape index (κ1) is 15.4. The van der Waals surface area contributed by atoms with E-state index >= 15 is 0 Å². The lowest BCUT2D eigenvalue weighted by Gasteiger charge is -2.21. The quantitative estimate of drug-likeness (QED) is 0.791. The fourth-order valence-electron chi connectivity index (χ4n) is 3.33. The number of hydrogen-bond acceptors (Lipinski definition) is 5. The van der Waals surface area contributed by atoms with Gasteiger partial charge in [0.1, 0.15) is 5.82 Å². The van der Waals surface area contributed by atoms with Crippen molar-refractivity contribution in [1.82, 2.24) is 0 Å². The van der Waals surface area contributed by atoms with Crippen LogP contribution in [0.5, 0.6) is 0 Å². The van der Waals surface area contributed by atoms with Crippen molar-refractivity contribution in [2.24, 2.45) is 10.3 Å². The standard InChI is InChI=1S/C18H15FN4O2/c1-10-6-11(2)8-14(7-10)22-17(24)15-16(18(22)25)23(21-20-15)13-5-3-4-12(19)9-13/h3-9,15-16H,1-2H3/t15-,16-/m1/s1. The maximum absolute atomic E-state index is 13.5. The van der Waals surface area contributed by atoms with Crippen molar-refractivity contribution in [2.75, 3.05) is 9.91 Å². The molecule has 2 heterocycles. The Kier molecular flexibility index (Phi) is 3.38. The molecule has 0 unspecified atom stereocenters.